The Morgan fingerprint density at radius 1 is 1.33 bits per heavy atom. The van der Waals surface area contributed by atoms with Crippen LogP contribution >= 0.6 is 0 Å². The molecule has 0 aliphatic carbocycles. The SMILES string of the molecule is CC(C)(C)OC(=O)N1CC2(CC(=O)CC(=O)N2)C1. The number of ketones is 1. The quantitative estimate of drug-likeness (QED) is 0.637. The Balaban J connectivity index is 1.91. The number of amides is 2. The third-order valence-electron chi connectivity index (χ3n) is 2.94. The first-order valence-corrected chi connectivity index (χ1v) is 6.00. The molecular formula is C12H18N2O4. The van der Waals surface area contributed by atoms with Crippen LogP contribution < -0.4 is 5.32 Å². The smallest absolute Gasteiger partial charge is 0.410 e. The number of nitrogens with zero attached hydrogens (tertiary/aromatic N) is 1. The van der Waals surface area contributed by atoms with Gasteiger partial charge in [-0.15, -0.1) is 0 Å². The number of likely N-dealkylation sites (tertiary alicyclic amines) is 1. The van der Waals surface area contributed by atoms with Gasteiger partial charge in [-0.05, 0) is 20.8 Å². The van der Waals surface area contributed by atoms with Crippen molar-refractivity contribution in [3.05, 3.63) is 0 Å². The molecule has 100 valence electrons. The van der Waals surface area contributed by atoms with E-state index in [4.69, 9.17) is 4.74 Å². The topological polar surface area (TPSA) is 75.7 Å². The van der Waals surface area contributed by atoms with Crippen LogP contribution in [0.3, 0.4) is 0 Å². The first kappa shape index (κ1) is 12.9. The largest absolute Gasteiger partial charge is 0.444 e. The van der Waals surface area contributed by atoms with Crippen molar-refractivity contribution in [2.24, 2.45) is 0 Å². The Kier molecular flexibility index (Phi) is 2.83. The summed E-state index contributed by atoms with van der Waals surface area (Å²) in [5, 5.41) is 2.80. The highest BCUT2D eigenvalue weighted by atomic mass is 16.6. The van der Waals surface area contributed by atoms with Crippen LogP contribution in [-0.4, -0.2) is 46.9 Å². The molecule has 1 spiro atoms. The molecule has 2 aliphatic heterocycles. The van der Waals surface area contributed by atoms with E-state index in [9.17, 15) is 14.4 Å². The fourth-order valence-corrected chi connectivity index (χ4v) is 2.33. The summed E-state index contributed by atoms with van der Waals surface area (Å²) in [6.07, 6.45) is -0.146. The molecule has 6 nitrogen and oxygen atoms in total. The lowest BCUT2D eigenvalue weighted by atomic mass is 9.81. The Hall–Kier alpha value is -1.59. The summed E-state index contributed by atoms with van der Waals surface area (Å²) < 4.78 is 5.22. The van der Waals surface area contributed by atoms with E-state index in [2.05, 4.69) is 5.32 Å². The second-order valence-electron chi connectivity index (χ2n) is 6.06. The summed E-state index contributed by atoms with van der Waals surface area (Å²) in [6, 6.07) is 0. The summed E-state index contributed by atoms with van der Waals surface area (Å²) >= 11 is 0. The zero-order valence-corrected chi connectivity index (χ0v) is 10.9. The molecule has 2 fully saturated rings. The number of Topliss-reactive ketones (excluding diaryl/α,β-unsaturated/α-hetero) is 1. The van der Waals surface area contributed by atoms with Crippen LogP contribution in [0.4, 0.5) is 4.79 Å². The highest BCUT2D eigenvalue weighted by molar-refractivity contribution is 6.01. The molecule has 1 N–H and O–H groups in total. The van der Waals surface area contributed by atoms with E-state index in [0.29, 0.717) is 19.5 Å². The zero-order valence-electron chi connectivity index (χ0n) is 10.9. The van der Waals surface area contributed by atoms with E-state index < -0.39 is 17.2 Å². The second-order valence-corrected chi connectivity index (χ2v) is 6.06. The van der Waals surface area contributed by atoms with E-state index in [1.807, 2.05) is 0 Å². The van der Waals surface area contributed by atoms with Crippen LogP contribution in [0.1, 0.15) is 33.6 Å². The van der Waals surface area contributed by atoms with Crippen molar-refractivity contribution in [2.45, 2.75) is 44.8 Å². The third-order valence-corrected chi connectivity index (χ3v) is 2.94. The van der Waals surface area contributed by atoms with Crippen LogP contribution in [0, 0.1) is 0 Å². The summed E-state index contributed by atoms with van der Waals surface area (Å²) in [5.41, 5.74) is -1.09. The zero-order chi connectivity index (χ0) is 13.6. The molecular weight excluding hydrogens is 236 g/mol. The molecule has 0 aromatic rings. The van der Waals surface area contributed by atoms with E-state index >= 15 is 0 Å². The van der Waals surface area contributed by atoms with Crippen molar-refractivity contribution < 1.29 is 19.1 Å². The van der Waals surface area contributed by atoms with Crippen molar-refractivity contribution in [1.29, 1.82) is 0 Å². The number of hydrogen-bond donors (Lipinski definition) is 1. The number of piperidine rings is 1. The highest BCUT2D eigenvalue weighted by Gasteiger charge is 2.50. The molecule has 2 aliphatic rings. The standard InChI is InChI=1S/C12H18N2O4/c1-11(2,3)18-10(17)14-6-12(7-14)5-8(15)4-9(16)13-12/h4-7H2,1-3H3,(H,13,16). The molecule has 0 atom stereocenters. The van der Waals surface area contributed by atoms with Crippen molar-refractivity contribution in [1.82, 2.24) is 10.2 Å². The molecule has 0 unspecified atom stereocenters. The van der Waals surface area contributed by atoms with Gasteiger partial charge >= 0.3 is 6.09 Å². The van der Waals surface area contributed by atoms with Gasteiger partial charge < -0.3 is 15.0 Å². The Morgan fingerprint density at radius 2 is 1.94 bits per heavy atom. The van der Waals surface area contributed by atoms with Crippen LogP contribution in [-0.2, 0) is 14.3 Å². The predicted molar refractivity (Wildman–Crippen MR) is 62.9 cm³/mol. The minimum atomic E-state index is -0.552. The molecule has 0 radical (unpaired) electrons. The lowest BCUT2D eigenvalue weighted by Crippen LogP contribution is -2.73. The van der Waals surface area contributed by atoms with E-state index in [-0.39, 0.29) is 18.1 Å². The van der Waals surface area contributed by atoms with Gasteiger partial charge in [-0.25, -0.2) is 4.79 Å². The number of hydrogen-bond acceptors (Lipinski definition) is 4. The molecule has 18 heavy (non-hydrogen) atoms. The van der Waals surface area contributed by atoms with Gasteiger partial charge in [-0.1, -0.05) is 0 Å². The van der Waals surface area contributed by atoms with Crippen molar-refractivity contribution in [3.8, 4) is 0 Å². The summed E-state index contributed by atoms with van der Waals surface area (Å²) in [5.74, 6) is -0.322. The maximum absolute atomic E-state index is 11.7. The fraction of sp³-hybridized carbons (Fsp3) is 0.750. The first-order chi connectivity index (χ1) is 8.19. The molecule has 2 saturated heterocycles. The minimum absolute atomic E-state index is 0.0474. The molecule has 0 aromatic heterocycles. The molecule has 0 bridgehead atoms. The summed E-state index contributed by atoms with van der Waals surface area (Å²) in [7, 11) is 0. The average molecular weight is 254 g/mol. The lowest BCUT2D eigenvalue weighted by Gasteiger charge is -2.51. The van der Waals surface area contributed by atoms with E-state index in [1.54, 1.807) is 20.8 Å². The van der Waals surface area contributed by atoms with Crippen molar-refractivity contribution in [2.75, 3.05) is 13.1 Å². The van der Waals surface area contributed by atoms with Crippen LogP contribution in [0.2, 0.25) is 0 Å². The maximum atomic E-state index is 11.7. The van der Waals surface area contributed by atoms with Gasteiger partial charge in [-0.3, -0.25) is 9.59 Å². The summed E-state index contributed by atoms with van der Waals surface area (Å²) in [4.78, 5) is 36.0. The maximum Gasteiger partial charge on any atom is 0.410 e. The normalized spacial score (nSPS) is 22.5. The van der Waals surface area contributed by atoms with Gasteiger partial charge in [0.15, 0.2) is 0 Å². The monoisotopic (exact) mass is 254 g/mol. The van der Waals surface area contributed by atoms with Crippen LogP contribution in [0.5, 0.6) is 0 Å². The van der Waals surface area contributed by atoms with Gasteiger partial charge in [0.05, 0.1) is 12.0 Å². The molecule has 2 rings (SSSR count). The lowest BCUT2D eigenvalue weighted by molar-refractivity contribution is -0.138. The number of carbonyl (C=O) groups excluding carboxylic acids is 3. The second kappa shape index (κ2) is 3.96. The third kappa shape index (κ3) is 2.63. The predicted octanol–water partition coefficient (Wildman–Crippen LogP) is 0.455. The van der Waals surface area contributed by atoms with Gasteiger partial charge in [-0.2, -0.15) is 0 Å². The van der Waals surface area contributed by atoms with Crippen molar-refractivity contribution in [3.63, 3.8) is 0 Å². The number of rotatable bonds is 0. The molecule has 2 heterocycles. The van der Waals surface area contributed by atoms with Crippen molar-refractivity contribution >= 4 is 17.8 Å². The number of nitrogens with one attached hydrogen (secondary N) is 1. The Morgan fingerprint density at radius 3 is 2.44 bits per heavy atom. The number of ether oxygens (including phenoxy) is 1. The van der Waals surface area contributed by atoms with Gasteiger partial charge in [0.25, 0.3) is 0 Å². The van der Waals surface area contributed by atoms with Gasteiger partial charge in [0.2, 0.25) is 5.91 Å². The van der Waals surface area contributed by atoms with Gasteiger partial charge in [0.1, 0.15) is 11.4 Å². The number of carbonyl (C=O) groups is 3. The minimum Gasteiger partial charge on any atom is -0.444 e. The summed E-state index contributed by atoms with van der Waals surface area (Å²) in [6.45, 7) is 6.09. The fourth-order valence-electron chi connectivity index (χ4n) is 2.33. The highest BCUT2D eigenvalue weighted by Crippen LogP contribution is 2.29. The average Bonchev–Trinajstić information content (AvgIpc) is 2.08. The molecule has 0 aromatic carbocycles. The van der Waals surface area contributed by atoms with Crippen LogP contribution in [0.25, 0.3) is 0 Å². The van der Waals surface area contributed by atoms with Gasteiger partial charge in [0, 0.05) is 19.5 Å². The molecule has 6 heteroatoms. The molecule has 0 saturated carbocycles. The molecule has 2 amide bonds. The first-order valence-electron chi connectivity index (χ1n) is 6.00. The van der Waals surface area contributed by atoms with Crippen LogP contribution in [0.15, 0.2) is 0 Å². The Labute approximate surface area is 106 Å². The van der Waals surface area contributed by atoms with E-state index in [1.165, 1.54) is 4.90 Å². The van der Waals surface area contributed by atoms with E-state index in [0.717, 1.165) is 0 Å². The Bertz CT molecular complexity index is 387.